The van der Waals surface area contributed by atoms with E-state index >= 15 is 0 Å². The van der Waals surface area contributed by atoms with Crippen LogP contribution in [0.2, 0.25) is 5.02 Å². The first-order chi connectivity index (χ1) is 12.9. The number of anilines is 2. The highest BCUT2D eigenvalue weighted by Crippen LogP contribution is 2.28. The first kappa shape index (κ1) is 18.7. The van der Waals surface area contributed by atoms with Crippen LogP contribution in [0.15, 0.2) is 47.5 Å². The molecule has 0 fully saturated rings. The van der Waals surface area contributed by atoms with Crippen LogP contribution in [0.25, 0.3) is 11.3 Å². The molecule has 0 saturated carbocycles. The van der Waals surface area contributed by atoms with Crippen LogP contribution in [0, 0.1) is 5.82 Å². The molecule has 0 radical (unpaired) electrons. The molecular formula is C19H16ClFN4O2. The fraction of sp³-hybridized carbons (Fsp3) is 0.158. The van der Waals surface area contributed by atoms with E-state index in [1.165, 1.54) is 29.8 Å². The molecule has 0 aliphatic carbocycles. The Morgan fingerprint density at radius 3 is 2.70 bits per heavy atom. The number of hydrogen-bond acceptors (Lipinski definition) is 5. The minimum atomic E-state index is -0.578. The maximum atomic E-state index is 13.4. The molecule has 2 heterocycles. The number of rotatable bonds is 5. The molecule has 1 N–H and O–H groups in total. The number of aromatic nitrogens is 3. The van der Waals surface area contributed by atoms with E-state index in [1.807, 2.05) is 0 Å². The van der Waals surface area contributed by atoms with Gasteiger partial charge in [-0.05, 0) is 44.2 Å². The van der Waals surface area contributed by atoms with Gasteiger partial charge in [-0.3, -0.25) is 14.6 Å². The van der Waals surface area contributed by atoms with Gasteiger partial charge in [0, 0.05) is 30.2 Å². The van der Waals surface area contributed by atoms with E-state index in [0.717, 1.165) is 0 Å². The van der Waals surface area contributed by atoms with Crippen LogP contribution >= 0.6 is 11.6 Å². The lowest BCUT2D eigenvalue weighted by molar-refractivity contribution is 0.101. The Labute approximate surface area is 159 Å². The Kier molecular flexibility index (Phi) is 5.32. The Bertz CT molecular complexity index is 1070. The number of benzene rings is 1. The van der Waals surface area contributed by atoms with Gasteiger partial charge in [-0.15, -0.1) is 0 Å². The third kappa shape index (κ3) is 3.73. The zero-order valence-corrected chi connectivity index (χ0v) is 15.4. The standard InChI is InChI=1S/C19H16ClFN4O2/c1-3-25-19(27)18(23-13-6-7-15(21)14(20)9-13)16(11(2)26)17(24-25)12-5-4-8-22-10-12/h4-10,23H,3H2,1-2H3. The molecule has 0 atom stereocenters. The van der Waals surface area contributed by atoms with Crippen LogP contribution in [-0.2, 0) is 6.54 Å². The van der Waals surface area contributed by atoms with Gasteiger partial charge < -0.3 is 5.32 Å². The van der Waals surface area contributed by atoms with Crippen molar-refractivity contribution in [1.82, 2.24) is 14.8 Å². The zero-order chi connectivity index (χ0) is 19.6. The topological polar surface area (TPSA) is 76.9 Å². The van der Waals surface area contributed by atoms with E-state index in [2.05, 4.69) is 15.4 Å². The number of aryl methyl sites for hydroxylation is 1. The summed E-state index contributed by atoms with van der Waals surface area (Å²) in [5.41, 5.74) is 1.06. The van der Waals surface area contributed by atoms with Crippen LogP contribution in [-0.4, -0.2) is 20.5 Å². The van der Waals surface area contributed by atoms with Gasteiger partial charge in [0.2, 0.25) is 0 Å². The van der Waals surface area contributed by atoms with Crippen molar-refractivity contribution in [2.45, 2.75) is 20.4 Å². The van der Waals surface area contributed by atoms with E-state index in [-0.39, 0.29) is 22.1 Å². The van der Waals surface area contributed by atoms with Crippen LogP contribution in [0.5, 0.6) is 0 Å². The highest BCUT2D eigenvalue weighted by Gasteiger charge is 2.22. The second-order valence-electron chi connectivity index (χ2n) is 5.77. The second kappa shape index (κ2) is 7.67. The number of hydrogen-bond donors (Lipinski definition) is 1. The summed E-state index contributed by atoms with van der Waals surface area (Å²) in [6.45, 7) is 3.44. The predicted octanol–water partition coefficient (Wildman–Crippen LogP) is 4.06. The zero-order valence-electron chi connectivity index (χ0n) is 14.7. The lowest BCUT2D eigenvalue weighted by Crippen LogP contribution is -2.28. The Hall–Kier alpha value is -3.06. The highest BCUT2D eigenvalue weighted by molar-refractivity contribution is 6.31. The van der Waals surface area contributed by atoms with Crippen LogP contribution < -0.4 is 10.9 Å². The van der Waals surface area contributed by atoms with Gasteiger partial charge in [0.25, 0.3) is 5.56 Å². The maximum absolute atomic E-state index is 13.4. The minimum absolute atomic E-state index is 0.0564. The third-order valence-corrected chi connectivity index (χ3v) is 4.22. The number of nitrogens with one attached hydrogen (secondary N) is 1. The largest absolute Gasteiger partial charge is 0.350 e. The molecule has 6 nitrogen and oxygen atoms in total. The molecule has 2 aromatic heterocycles. The van der Waals surface area contributed by atoms with Crippen molar-refractivity contribution in [3.05, 3.63) is 69.5 Å². The van der Waals surface area contributed by atoms with Crippen LogP contribution in [0.1, 0.15) is 24.2 Å². The van der Waals surface area contributed by atoms with Gasteiger partial charge in [0.05, 0.1) is 10.6 Å². The molecule has 3 aromatic rings. The van der Waals surface area contributed by atoms with Crippen LogP contribution in [0.4, 0.5) is 15.8 Å². The van der Waals surface area contributed by atoms with E-state index in [4.69, 9.17) is 11.6 Å². The molecule has 8 heteroatoms. The van der Waals surface area contributed by atoms with Gasteiger partial charge >= 0.3 is 0 Å². The Morgan fingerprint density at radius 1 is 1.33 bits per heavy atom. The smallest absolute Gasteiger partial charge is 0.291 e. The monoisotopic (exact) mass is 386 g/mol. The predicted molar refractivity (Wildman–Crippen MR) is 102 cm³/mol. The molecule has 0 bridgehead atoms. The summed E-state index contributed by atoms with van der Waals surface area (Å²) in [5, 5.41) is 7.15. The van der Waals surface area contributed by atoms with Crippen LogP contribution in [0.3, 0.4) is 0 Å². The summed E-state index contributed by atoms with van der Waals surface area (Å²) in [7, 11) is 0. The summed E-state index contributed by atoms with van der Waals surface area (Å²) in [4.78, 5) is 29.3. The summed E-state index contributed by atoms with van der Waals surface area (Å²) >= 11 is 5.82. The van der Waals surface area contributed by atoms with Crippen molar-refractivity contribution in [2.75, 3.05) is 5.32 Å². The number of nitrogens with zero attached hydrogens (tertiary/aromatic N) is 3. The van der Waals surface area contributed by atoms with Gasteiger partial charge in [-0.1, -0.05) is 11.6 Å². The number of halogens is 2. The molecule has 0 spiro atoms. The van der Waals surface area contributed by atoms with Crippen molar-refractivity contribution in [3.63, 3.8) is 0 Å². The number of Topliss-reactive ketones (excluding diaryl/α,β-unsaturated/α-hetero) is 1. The summed E-state index contributed by atoms with van der Waals surface area (Å²) < 4.78 is 14.7. The number of ketones is 1. The van der Waals surface area contributed by atoms with Gasteiger partial charge in [-0.25, -0.2) is 9.07 Å². The molecule has 0 aliphatic heterocycles. The average Bonchev–Trinajstić information content (AvgIpc) is 2.66. The van der Waals surface area contributed by atoms with Crippen molar-refractivity contribution in [1.29, 1.82) is 0 Å². The number of carbonyl (C=O) groups is 1. The maximum Gasteiger partial charge on any atom is 0.291 e. The van der Waals surface area contributed by atoms with E-state index in [0.29, 0.717) is 23.5 Å². The van der Waals surface area contributed by atoms with Crippen molar-refractivity contribution < 1.29 is 9.18 Å². The molecule has 138 valence electrons. The average molecular weight is 387 g/mol. The number of pyridine rings is 1. The minimum Gasteiger partial charge on any atom is -0.350 e. The Balaban J connectivity index is 2.26. The Morgan fingerprint density at radius 2 is 2.11 bits per heavy atom. The van der Waals surface area contributed by atoms with Gasteiger partial charge in [0.1, 0.15) is 17.2 Å². The molecule has 1 aromatic carbocycles. The van der Waals surface area contributed by atoms with E-state index < -0.39 is 11.4 Å². The number of carbonyl (C=O) groups excluding carboxylic acids is 1. The molecule has 27 heavy (non-hydrogen) atoms. The van der Waals surface area contributed by atoms with Crippen molar-refractivity contribution in [2.24, 2.45) is 0 Å². The summed E-state index contributed by atoms with van der Waals surface area (Å²) in [5.74, 6) is -0.914. The highest BCUT2D eigenvalue weighted by atomic mass is 35.5. The van der Waals surface area contributed by atoms with Crippen molar-refractivity contribution in [3.8, 4) is 11.3 Å². The van der Waals surface area contributed by atoms with Crippen molar-refractivity contribution >= 4 is 28.8 Å². The fourth-order valence-corrected chi connectivity index (χ4v) is 2.85. The normalized spacial score (nSPS) is 10.7. The molecule has 0 amide bonds. The quantitative estimate of drug-likeness (QED) is 0.669. The van der Waals surface area contributed by atoms with E-state index in [9.17, 15) is 14.0 Å². The van der Waals surface area contributed by atoms with E-state index in [1.54, 1.807) is 31.5 Å². The molecule has 0 saturated heterocycles. The van der Waals surface area contributed by atoms with Gasteiger partial charge in [-0.2, -0.15) is 5.10 Å². The first-order valence-corrected chi connectivity index (χ1v) is 8.58. The summed E-state index contributed by atoms with van der Waals surface area (Å²) in [6, 6.07) is 7.44. The SMILES string of the molecule is CCn1nc(-c2cccnc2)c(C(C)=O)c(Nc2ccc(F)c(Cl)c2)c1=O. The molecular weight excluding hydrogens is 371 g/mol. The second-order valence-corrected chi connectivity index (χ2v) is 6.18. The lowest BCUT2D eigenvalue weighted by Gasteiger charge is -2.16. The fourth-order valence-electron chi connectivity index (χ4n) is 2.67. The lowest BCUT2D eigenvalue weighted by atomic mass is 10.0. The molecule has 3 rings (SSSR count). The van der Waals surface area contributed by atoms with Gasteiger partial charge in [0.15, 0.2) is 5.78 Å². The third-order valence-electron chi connectivity index (χ3n) is 3.93. The molecule has 0 unspecified atom stereocenters. The molecule has 0 aliphatic rings. The summed E-state index contributed by atoms with van der Waals surface area (Å²) in [6.07, 6.45) is 3.17. The first-order valence-electron chi connectivity index (χ1n) is 8.21.